The third-order valence-corrected chi connectivity index (χ3v) is 5.38. The summed E-state index contributed by atoms with van der Waals surface area (Å²) >= 11 is 0. The Morgan fingerprint density at radius 3 is 2.41 bits per heavy atom. The molecule has 2 aliphatic heterocycles. The van der Waals surface area contributed by atoms with Crippen LogP contribution in [0.2, 0.25) is 0 Å². The highest BCUT2D eigenvalue weighted by molar-refractivity contribution is 5.93. The second kappa shape index (κ2) is 8.75. The number of nitrogens with one attached hydrogen (secondary N) is 1. The Morgan fingerprint density at radius 1 is 1.14 bits per heavy atom. The lowest BCUT2D eigenvalue weighted by Crippen LogP contribution is -2.45. The summed E-state index contributed by atoms with van der Waals surface area (Å²) < 4.78 is 16.6. The molecule has 8 nitrogen and oxygen atoms in total. The molecule has 2 aliphatic rings. The van der Waals surface area contributed by atoms with Crippen LogP contribution in [0.5, 0.6) is 5.75 Å². The summed E-state index contributed by atoms with van der Waals surface area (Å²) in [5.41, 5.74) is 1.59. The van der Waals surface area contributed by atoms with Crippen LogP contribution < -0.4 is 15.0 Å². The van der Waals surface area contributed by atoms with Crippen molar-refractivity contribution >= 4 is 11.9 Å². The molecule has 29 heavy (non-hydrogen) atoms. The molecular formula is C21H26N4O4. The summed E-state index contributed by atoms with van der Waals surface area (Å²) in [6, 6.07) is 7.81. The van der Waals surface area contributed by atoms with Crippen molar-refractivity contribution in [3.63, 3.8) is 0 Å². The lowest BCUT2D eigenvalue weighted by molar-refractivity contribution is -0.169. The van der Waals surface area contributed by atoms with Gasteiger partial charge in [-0.3, -0.25) is 4.79 Å². The number of aromatic nitrogens is 2. The third-order valence-electron chi connectivity index (χ3n) is 5.38. The topological polar surface area (TPSA) is 85.8 Å². The van der Waals surface area contributed by atoms with Crippen LogP contribution in [-0.4, -0.2) is 61.6 Å². The van der Waals surface area contributed by atoms with Crippen LogP contribution in [0, 0.1) is 0 Å². The number of hydrogen-bond acceptors (Lipinski definition) is 7. The molecule has 0 saturated carbocycles. The Morgan fingerprint density at radius 2 is 1.79 bits per heavy atom. The molecular weight excluding hydrogens is 372 g/mol. The molecule has 1 aromatic carbocycles. The minimum atomic E-state index is -0.416. The monoisotopic (exact) mass is 398 g/mol. The number of nitrogens with zero attached hydrogens (tertiary/aromatic N) is 3. The van der Waals surface area contributed by atoms with Crippen molar-refractivity contribution in [2.45, 2.75) is 25.0 Å². The van der Waals surface area contributed by atoms with Crippen LogP contribution >= 0.6 is 0 Å². The zero-order valence-electron chi connectivity index (χ0n) is 16.6. The summed E-state index contributed by atoms with van der Waals surface area (Å²) in [6.07, 6.45) is 5.50. The van der Waals surface area contributed by atoms with Crippen molar-refractivity contribution in [2.75, 3.05) is 44.9 Å². The SMILES string of the molecule is COc1ccc(CCNC(=O)c2cnc(N3CCC4(CC3)OCCO4)nc2)cc1. The summed E-state index contributed by atoms with van der Waals surface area (Å²) in [4.78, 5) is 23.2. The quantitative estimate of drug-likeness (QED) is 0.794. The summed E-state index contributed by atoms with van der Waals surface area (Å²) in [6.45, 7) is 3.42. The molecule has 1 N–H and O–H groups in total. The molecule has 2 fully saturated rings. The number of ether oxygens (including phenoxy) is 3. The number of anilines is 1. The van der Waals surface area contributed by atoms with E-state index in [-0.39, 0.29) is 5.91 Å². The van der Waals surface area contributed by atoms with Gasteiger partial charge < -0.3 is 24.4 Å². The van der Waals surface area contributed by atoms with Gasteiger partial charge >= 0.3 is 0 Å². The average Bonchev–Trinajstić information content (AvgIpc) is 3.23. The van der Waals surface area contributed by atoms with Crippen LogP contribution in [0.1, 0.15) is 28.8 Å². The number of rotatable bonds is 6. The van der Waals surface area contributed by atoms with Crippen LogP contribution in [0.3, 0.4) is 0 Å². The van der Waals surface area contributed by atoms with Crippen molar-refractivity contribution in [3.8, 4) is 5.75 Å². The molecule has 2 saturated heterocycles. The van der Waals surface area contributed by atoms with E-state index >= 15 is 0 Å². The van der Waals surface area contributed by atoms with E-state index < -0.39 is 5.79 Å². The molecule has 0 unspecified atom stereocenters. The van der Waals surface area contributed by atoms with Gasteiger partial charge in [-0.2, -0.15) is 0 Å². The maximum Gasteiger partial charge on any atom is 0.254 e. The summed E-state index contributed by atoms with van der Waals surface area (Å²) in [5.74, 6) is 0.866. The number of carbonyl (C=O) groups excluding carboxylic acids is 1. The Labute approximate surface area is 170 Å². The molecule has 154 valence electrons. The first-order valence-electron chi connectivity index (χ1n) is 9.93. The molecule has 3 heterocycles. The molecule has 4 rings (SSSR count). The minimum absolute atomic E-state index is 0.171. The molecule has 0 aliphatic carbocycles. The van der Waals surface area contributed by atoms with E-state index in [1.165, 1.54) is 0 Å². The van der Waals surface area contributed by atoms with Crippen LogP contribution in [0.4, 0.5) is 5.95 Å². The smallest absolute Gasteiger partial charge is 0.254 e. The molecule has 1 amide bonds. The van der Waals surface area contributed by atoms with Gasteiger partial charge in [0.1, 0.15) is 5.75 Å². The van der Waals surface area contributed by atoms with Gasteiger partial charge in [-0.25, -0.2) is 9.97 Å². The third kappa shape index (κ3) is 4.65. The lowest BCUT2D eigenvalue weighted by Gasteiger charge is -2.37. The Bertz CT molecular complexity index is 810. The van der Waals surface area contributed by atoms with Crippen molar-refractivity contribution < 1.29 is 19.0 Å². The summed E-state index contributed by atoms with van der Waals surface area (Å²) in [5, 5.41) is 2.91. The number of carbonyl (C=O) groups is 1. The van der Waals surface area contributed by atoms with Gasteiger partial charge in [0.2, 0.25) is 5.95 Å². The molecule has 1 aromatic heterocycles. The minimum Gasteiger partial charge on any atom is -0.497 e. The average molecular weight is 398 g/mol. The standard InChI is InChI=1S/C21H26N4O4/c1-27-18-4-2-16(3-5-18)6-9-22-19(26)17-14-23-20(24-15-17)25-10-7-21(8-11-25)28-12-13-29-21/h2-5,14-15H,6-13H2,1H3,(H,22,26). The zero-order chi connectivity index (χ0) is 20.1. The van der Waals surface area contributed by atoms with Gasteiger partial charge in [0.25, 0.3) is 5.91 Å². The molecule has 8 heteroatoms. The first kappa shape index (κ1) is 19.6. The zero-order valence-corrected chi connectivity index (χ0v) is 16.6. The number of methoxy groups -OCH3 is 1. The van der Waals surface area contributed by atoms with Crippen molar-refractivity contribution in [1.82, 2.24) is 15.3 Å². The Balaban J connectivity index is 1.25. The largest absolute Gasteiger partial charge is 0.497 e. The molecule has 0 radical (unpaired) electrons. The van der Waals surface area contributed by atoms with Gasteiger partial charge in [0.05, 0.1) is 25.9 Å². The maximum atomic E-state index is 12.3. The maximum absolute atomic E-state index is 12.3. The van der Waals surface area contributed by atoms with Gasteiger partial charge in [-0.05, 0) is 24.1 Å². The molecule has 1 spiro atoms. The fourth-order valence-corrected chi connectivity index (χ4v) is 3.65. The lowest BCUT2D eigenvalue weighted by atomic mass is 10.0. The Hall–Kier alpha value is -2.71. The van der Waals surface area contributed by atoms with E-state index in [9.17, 15) is 4.79 Å². The van der Waals surface area contributed by atoms with E-state index in [0.717, 1.165) is 43.7 Å². The first-order chi connectivity index (χ1) is 14.2. The van der Waals surface area contributed by atoms with E-state index in [1.54, 1.807) is 19.5 Å². The number of benzene rings is 1. The molecule has 2 aromatic rings. The fourth-order valence-electron chi connectivity index (χ4n) is 3.65. The second-order valence-electron chi connectivity index (χ2n) is 7.22. The highest BCUT2D eigenvalue weighted by Gasteiger charge is 2.40. The van der Waals surface area contributed by atoms with E-state index in [2.05, 4.69) is 20.2 Å². The van der Waals surface area contributed by atoms with Gasteiger partial charge in [-0.15, -0.1) is 0 Å². The number of piperidine rings is 1. The van der Waals surface area contributed by atoms with Crippen LogP contribution in [0.15, 0.2) is 36.7 Å². The number of amides is 1. The van der Waals surface area contributed by atoms with E-state index in [4.69, 9.17) is 14.2 Å². The van der Waals surface area contributed by atoms with E-state index in [1.807, 2.05) is 24.3 Å². The van der Waals surface area contributed by atoms with Crippen LogP contribution in [0.25, 0.3) is 0 Å². The molecule has 0 atom stereocenters. The summed E-state index contributed by atoms with van der Waals surface area (Å²) in [7, 11) is 1.64. The predicted octanol–water partition coefficient (Wildman–Crippen LogP) is 1.80. The number of hydrogen-bond donors (Lipinski definition) is 1. The highest BCUT2D eigenvalue weighted by Crippen LogP contribution is 2.32. The predicted molar refractivity (Wildman–Crippen MR) is 107 cm³/mol. The molecule has 0 bridgehead atoms. The van der Waals surface area contributed by atoms with Gasteiger partial charge in [0.15, 0.2) is 5.79 Å². The highest BCUT2D eigenvalue weighted by atomic mass is 16.7. The van der Waals surface area contributed by atoms with Crippen molar-refractivity contribution in [2.24, 2.45) is 0 Å². The second-order valence-corrected chi connectivity index (χ2v) is 7.22. The van der Waals surface area contributed by atoms with E-state index in [0.29, 0.717) is 31.3 Å². The normalized spacial score (nSPS) is 18.0. The van der Waals surface area contributed by atoms with Gasteiger partial charge in [-0.1, -0.05) is 12.1 Å². The Kier molecular flexibility index (Phi) is 5.92. The van der Waals surface area contributed by atoms with Crippen molar-refractivity contribution in [3.05, 3.63) is 47.8 Å². The fraction of sp³-hybridized carbons (Fsp3) is 0.476. The van der Waals surface area contributed by atoms with Crippen molar-refractivity contribution in [1.29, 1.82) is 0 Å². The van der Waals surface area contributed by atoms with Crippen LogP contribution in [-0.2, 0) is 15.9 Å². The first-order valence-corrected chi connectivity index (χ1v) is 9.93. The van der Waals surface area contributed by atoms with Gasteiger partial charge in [0, 0.05) is 44.9 Å².